The second-order valence-corrected chi connectivity index (χ2v) is 4.61. The van der Waals surface area contributed by atoms with Gasteiger partial charge in [-0.3, -0.25) is 0 Å². The zero-order chi connectivity index (χ0) is 15.6. The zero-order valence-electron chi connectivity index (χ0n) is 11.9. The van der Waals surface area contributed by atoms with Gasteiger partial charge in [-0.05, 0) is 17.7 Å². The maximum Gasteiger partial charge on any atom is 0.416 e. The number of nitrogens with two attached hydrogens (primary N) is 1. The molecule has 2 N–H and O–H groups in total. The average Bonchev–Trinajstić information content (AvgIpc) is 2.89. The Hall–Kier alpha value is -1.89. The summed E-state index contributed by atoms with van der Waals surface area (Å²) in [4.78, 5) is 4.30. The van der Waals surface area contributed by atoms with E-state index in [4.69, 9.17) is 5.73 Å². The van der Waals surface area contributed by atoms with E-state index in [9.17, 15) is 13.2 Å². The van der Waals surface area contributed by atoms with Crippen molar-refractivity contribution in [3.8, 4) is 5.69 Å². The minimum absolute atomic E-state index is 0.0696. The molecule has 7 heteroatoms. The molecule has 0 aliphatic carbocycles. The van der Waals surface area contributed by atoms with E-state index < -0.39 is 11.7 Å². The fraction of sp³-hybridized carbons (Fsp3) is 0.429. The molecule has 0 bridgehead atoms. The van der Waals surface area contributed by atoms with Gasteiger partial charge < -0.3 is 5.73 Å². The van der Waals surface area contributed by atoms with Gasteiger partial charge in [-0.25, -0.2) is 9.67 Å². The minimum Gasteiger partial charge on any atom is -0.326 e. The number of halogens is 3. The van der Waals surface area contributed by atoms with E-state index in [1.807, 2.05) is 13.8 Å². The van der Waals surface area contributed by atoms with Crippen molar-refractivity contribution in [3.63, 3.8) is 0 Å². The predicted octanol–water partition coefficient (Wildman–Crippen LogP) is 2.87. The van der Waals surface area contributed by atoms with Crippen molar-refractivity contribution in [2.45, 2.75) is 39.4 Å². The Labute approximate surface area is 120 Å². The van der Waals surface area contributed by atoms with Crippen LogP contribution in [0.4, 0.5) is 13.2 Å². The Morgan fingerprint density at radius 1 is 1.19 bits per heavy atom. The summed E-state index contributed by atoms with van der Waals surface area (Å²) in [7, 11) is 0. The second-order valence-electron chi connectivity index (χ2n) is 4.61. The number of hydrogen-bond donors (Lipinski definition) is 1. The van der Waals surface area contributed by atoms with Gasteiger partial charge in [0.15, 0.2) is 5.82 Å². The van der Waals surface area contributed by atoms with Gasteiger partial charge in [0.05, 0.1) is 11.3 Å². The van der Waals surface area contributed by atoms with Gasteiger partial charge in [-0.15, -0.1) is 0 Å². The predicted molar refractivity (Wildman–Crippen MR) is 73.0 cm³/mol. The summed E-state index contributed by atoms with van der Waals surface area (Å²) >= 11 is 0. The lowest BCUT2D eigenvalue weighted by Gasteiger charge is -2.14. The standard InChI is InChI=1S/C14H17F3N4/c1-3-12-19-13(4-2)21(20-12)10-6-5-9(8-18)11(7-10)14(15,16)17/h5-7H,3-4,8,18H2,1-2H3. The highest BCUT2D eigenvalue weighted by atomic mass is 19.4. The molecule has 0 radical (unpaired) electrons. The van der Waals surface area contributed by atoms with Gasteiger partial charge in [-0.2, -0.15) is 18.3 Å². The first-order chi connectivity index (χ1) is 9.90. The zero-order valence-corrected chi connectivity index (χ0v) is 11.9. The molecular formula is C14H17F3N4. The Morgan fingerprint density at radius 2 is 1.90 bits per heavy atom. The average molecular weight is 298 g/mol. The first kappa shape index (κ1) is 15.5. The maximum atomic E-state index is 13.1. The van der Waals surface area contributed by atoms with E-state index in [2.05, 4.69) is 10.1 Å². The van der Waals surface area contributed by atoms with E-state index >= 15 is 0 Å². The van der Waals surface area contributed by atoms with E-state index in [1.54, 1.807) is 6.07 Å². The molecule has 114 valence electrons. The van der Waals surface area contributed by atoms with Crippen molar-refractivity contribution >= 4 is 0 Å². The van der Waals surface area contributed by atoms with Crippen molar-refractivity contribution in [2.24, 2.45) is 5.73 Å². The van der Waals surface area contributed by atoms with E-state index in [-0.39, 0.29) is 12.1 Å². The van der Waals surface area contributed by atoms with Gasteiger partial charge in [0, 0.05) is 19.4 Å². The highest BCUT2D eigenvalue weighted by Crippen LogP contribution is 2.33. The number of hydrogen-bond acceptors (Lipinski definition) is 3. The summed E-state index contributed by atoms with van der Waals surface area (Å²) in [6, 6.07) is 4.06. The fourth-order valence-corrected chi connectivity index (χ4v) is 2.12. The van der Waals surface area contributed by atoms with Crippen molar-refractivity contribution in [2.75, 3.05) is 0 Å². The van der Waals surface area contributed by atoms with E-state index in [0.29, 0.717) is 30.2 Å². The van der Waals surface area contributed by atoms with Crippen LogP contribution in [-0.4, -0.2) is 14.8 Å². The summed E-state index contributed by atoms with van der Waals surface area (Å²) in [5, 5.41) is 4.26. The smallest absolute Gasteiger partial charge is 0.326 e. The third-order valence-corrected chi connectivity index (χ3v) is 3.21. The molecule has 2 aromatic rings. The van der Waals surface area contributed by atoms with Gasteiger partial charge in [0.1, 0.15) is 5.82 Å². The molecule has 2 rings (SSSR count). The number of benzene rings is 1. The molecule has 0 unspecified atom stereocenters. The summed E-state index contributed by atoms with van der Waals surface area (Å²) < 4.78 is 40.7. The lowest BCUT2D eigenvalue weighted by molar-refractivity contribution is -0.138. The van der Waals surface area contributed by atoms with Crippen LogP contribution in [0.15, 0.2) is 18.2 Å². The van der Waals surface area contributed by atoms with Crippen LogP contribution in [0, 0.1) is 0 Å². The van der Waals surface area contributed by atoms with Crippen molar-refractivity contribution in [3.05, 3.63) is 41.0 Å². The molecule has 1 heterocycles. The number of nitrogens with zero attached hydrogens (tertiary/aromatic N) is 3. The van der Waals surface area contributed by atoms with Gasteiger partial charge in [0.25, 0.3) is 0 Å². The third kappa shape index (κ3) is 3.07. The first-order valence-corrected chi connectivity index (χ1v) is 6.76. The third-order valence-electron chi connectivity index (χ3n) is 3.21. The number of aryl methyl sites for hydroxylation is 2. The highest BCUT2D eigenvalue weighted by Gasteiger charge is 2.33. The van der Waals surface area contributed by atoms with Crippen molar-refractivity contribution in [1.29, 1.82) is 0 Å². The number of alkyl halides is 3. The normalized spacial score (nSPS) is 11.9. The van der Waals surface area contributed by atoms with E-state index in [1.165, 1.54) is 10.7 Å². The Bertz CT molecular complexity index is 632. The van der Waals surface area contributed by atoms with Crippen LogP contribution >= 0.6 is 0 Å². The quantitative estimate of drug-likeness (QED) is 0.944. The molecule has 4 nitrogen and oxygen atoms in total. The van der Waals surface area contributed by atoms with Crippen LogP contribution in [0.5, 0.6) is 0 Å². The van der Waals surface area contributed by atoms with Crippen molar-refractivity contribution in [1.82, 2.24) is 14.8 Å². The molecule has 0 amide bonds. The SMILES string of the molecule is CCc1nc(CC)n(-c2ccc(CN)c(C(F)(F)F)c2)n1. The Morgan fingerprint density at radius 3 is 2.43 bits per heavy atom. The highest BCUT2D eigenvalue weighted by molar-refractivity contribution is 5.42. The largest absolute Gasteiger partial charge is 0.416 e. The van der Waals surface area contributed by atoms with Crippen LogP contribution < -0.4 is 5.73 Å². The fourth-order valence-electron chi connectivity index (χ4n) is 2.12. The molecule has 0 aliphatic heterocycles. The van der Waals surface area contributed by atoms with Crippen LogP contribution in [0.2, 0.25) is 0 Å². The second kappa shape index (κ2) is 5.85. The van der Waals surface area contributed by atoms with Crippen LogP contribution in [0.3, 0.4) is 0 Å². The lowest BCUT2D eigenvalue weighted by atomic mass is 10.1. The molecule has 0 fully saturated rings. The first-order valence-electron chi connectivity index (χ1n) is 6.76. The Kier molecular flexibility index (Phi) is 4.32. The molecule has 1 aromatic carbocycles. The molecule has 0 spiro atoms. The van der Waals surface area contributed by atoms with Gasteiger partial charge in [-0.1, -0.05) is 19.9 Å². The summed E-state index contributed by atoms with van der Waals surface area (Å²) in [6.45, 7) is 3.63. The number of rotatable bonds is 4. The molecule has 0 saturated heterocycles. The summed E-state index contributed by atoms with van der Waals surface area (Å²) in [5.41, 5.74) is 5.08. The molecule has 0 aliphatic rings. The molecule has 0 atom stereocenters. The molecule has 21 heavy (non-hydrogen) atoms. The lowest BCUT2D eigenvalue weighted by Crippen LogP contribution is -2.13. The monoisotopic (exact) mass is 298 g/mol. The summed E-state index contributed by atoms with van der Waals surface area (Å²) in [6.07, 6.45) is -3.22. The minimum atomic E-state index is -4.44. The maximum absolute atomic E-state index is 13.1. The Balaban J connectivity index is 2.57. The van der Waals surface area contributed by atoms with Gasteiger partial charge >= 0.3 is 6.18 Å². The van der Waals surface area contributed by atoms with Crippen LogP contribution in [-0.2, 0) is 25.6 Å². The van der Waals surface area contributed by atoms with Gasteiger partial charge in [0.2, 0.25) is 0 Å². The summed E-state index contributed by atoms with van der Waals surface area (Å²) in [5.74, 6) is 1.25. The molecular weight excluding hydrogens is 281 g/mol. The topological polar surface area (TPSA) is 56.7 Å². The molecule has 0 saturated carbocycles. The number of aromatic nitrogens is 3. The molecule has 1 aromatic heterocycles. The van der Waals surface area contributed by atoms with Crippen molar-refractivity contribution < 1.29 is 13.2 Å². The van der Waals surface area contributed by atoms with E-state index in [0.717, 1.165) is 6.07 Å². The van der Waals surface area contributed by atoms with Crippen LogP contribution in [0.1, 0.15) is 36.6 Å². The van der Waals surface area contributed by atoms with Crippen LogP contribution in [0.25, 0.3) is 5.69 Å².